The fourth-order valence-corrected chi connectivity index (χ4v) is 3.92. The van der Waals surface area contributed by atoms with Gasteiger partial charge in [0.2, 0.25) is 10.0 Å². The molecule has 0 radical (unpaired) electrons. The van der Waals surface area contributed by atoms with Crippen LogP contribution in [-0.2, 0) is 30.0 Å². The van der Waals surface area contributed by atoms with Crippen LogP contribution in [0.1, 0.15) is 27.2 Å². The number of rotatable bonds is 6. The molecule has 2 aromatic heterocycles. The van der Waals surface area contributed by atoms with Crippen LogP contribution in [0, 0.1) is 0 Å². The van der Waals surface area contributed by atoms with Gasteiger partial charge in [0.05, 0.1) is 0 Å². The molecule has 0 spiro atoms. The number of thiophene rings is 1. The monoisotopic (exact) mass is 328 g/mol. The van der Waals surface area contributed by atoms with Gasteiger partial charge in [-0.25, -0.2) is 17.9 Å². The summed E-state index contributed by atoms with van der Waals surface area (Å²) in [5, 5.41) is 8.95. The normalized spacial score (nSPS) is 11.7. The number of nitrogens with one attached hydrogen (secondary N) is 1. The molecule has 2 aromatic rings. The quantitative estimate of drug-likeness (QED) is 0.846. The smallest absolute Gasteiger partial charge is 0.352 e. The van der Waals surface area contributed by atoms with Crippen molar-refractivity contribution in [2.24, 2.45) is 7.05 Å². The summed E-state index contributed by atoms with van der Waals surface area (Å²) in [5.74, 6) is -1.16. The van der Waals surface area contributed by atoms with Gasteiger partial charge in [0.1, 0.15) is 10.6 Å². The number of hydrogen-bond acceptors (Lipinski definition) is 4. The van der Waals surface area contributed by atoms with Crippen molar-refractivity contribution in [3.63, 3.8) is 0 Å². The Morgan fingerprint density at radius 1 is 1.38 bits per heavy atom. The van der Waals surface area contributed by atoms with Crippen LogP contribution in [0.15, 0.2) is 29.3 Å². The first kappa shape index (κ1) is 15.7. The summed E-state index contributed by atoms with van der Waals surface area (Å²) < 4.78 is 28.1. The topological polar surface area (TPSA) is 88.4 Å². The minimum Gasteiger partial charge on any atom is -0.477 e. The lowest BCUT2D eigenvalue weighted by atomic mass is 10.4. The molecule has 0 saturated heterocycles. The van der Waals surface area contributed by atoms with Crippen LogP contribution in [-0.4, -0.2) is 24.1 Å². The van der Waals surface area contributed by atoms with Crippen LogP contribution < -0.4 is 4.72 Å². The molecular formula is C13H16N2O4S2. The summed E-state index contributed by atoms with van der Waals surface area (Å²) >= 11 is 1.56. The molecule has 0 fully saturated rings. The van der Waals surface area contributed by atoms with Gasteiger partial charge < -0.3 is 9.67 Å². The van der Waals surface area contributed by atoms with Crippen LogP contribution in [0.25, 0.3) is 0 Å². The highest BCUT2D eigenvalue weighted by Gasteiger charge is 2.20. The predicted octanol–water partition coefficient (Wildman–Crippen LogP) is 1.83. The summed E-state index contributed by atoms with van der Waals surface area (Å²) in [4.78, 5) is 13.0. The van der Waals surface area contributed by atoms with Crippen LogP contribution in [0.2, 0.25) is 0 Å². The Bertz CT molecular complexity index is 759. The maximum absolute atomic E-state index is 12.2. The molecule has 0 atom stereocenters. The van der Waals surface area contributed by atoms with Crippen molar-refractivity contribution in [1.82, 2.24) is 9.29 Å². The van der Waals surface area contributed by atoms with Gasteiger partial charge >= 0.3 is 5.97 Å². The summed E-state index contributed by atoms with van der Waals surface area (Å²) in [6, 6.07) is 5.01. The summed E-state index contributed by atoms with van der Waals surface area (Å²) in [6.07, 6.45) is 2.20. The zero-order chi connectivity index (χ0) is 15.6. The molecule has 0 aromatic carbocycles. The van der Waals surface area contributed by atoms with Crippen LogP contribution >= 0.6 is 11.3 Å². The first-order valence-corrected chi connectivity index (χ1v) is 8.60. The van der Waals surface area contributed by atoms with E-state index in [-0.39, 0.29) is 17.1 Å². The number of carbonyl (C=O) groups is 1. The maximum Gasteiger partial charge on any atom is 0.352 e. The lowest BCUT2D eigenvalue weighted by molar-refractivity contribution is 0.0686. The minimum atomic E-state index is -3.72. The Kier molecular flexibility index (Phi) is 4.50. The molecule has 0 amide bonds. The number of nitrogens with zero attached hydrogens (tertiary/aromatic N) is 1. The van der Waals surface area contributed by atoms with Gasteiger partial charge in [-0.05, 0) is 24.6 Å². The lowest BCUT2D eigenvalue weighted by Gasteiger charge is -2.02. The van der Waals surface area contributed by atoms with E-state index in [0.717, 1.165) is 17.4 Å². The van der Waals surface area contributed by atoms with E-state index < -0.39 is 16.0 Å². The van der Waals surface area contributed by atoms with E-state index in [4.69, 9.17) is 5.11 Å². The van der Waals surface area contributed by atoms with Gasteiger partial charge in [-0.2, -0.15) is 0 Å². The Hall–Kier alpha value is -1.64. The SMILES string of the molecule is CCc1ccc(CNS(=O)(=O)c2cc(C(=O)O)n(C)c2)s1. The molecule has 2 rings (SSSR count). The molecule has 0 bridgehead atoms. The number of aromatic carboxylic acids is 1. The molecule has 0 saturated carbocycles. The first-order valence-electron chi connectivity index (χ1n) is 6.30. The zero-order valence-corrected chi connectivity index (χ0v) is 13.3. The van der Waals surface area contributed by atoms with Crippen molar-refractivity contribution in [2.45, 2.75) is 24.8 Å². The molecule has 0 aliphatic rings. The van der Waals surface area contributed by atoms with Gasteiger partial charge in [-0.3, -0.25) is 0 Å². The van der Waals surface area contributed by atoms with Crippen LogP contribution in [0.4, 0.5) is 0 Å². The van der Waals surface area contributed by atoms with E-state index in [1.807, 2.05) is 19.1 Å². The predicted molar refractivity (Wildman–Crippen MR) is 80.1 cm³/mol. The summed E-state index contributed by atoms with van der Waals surface area (Å²) in [6.45, 7) is 2.24. The Morgan fingerprint density at radius 3 is 2.57 bits per heavy atom. The molecule has 0 aliphatic heterocycles. The third-order valence-electron chi connectivity index (χ3n) is 3.01. The van der Waals surface area contributed by atoms with E-state index in [1.54, 1.807) is 11.3 Å². The maximum atomic E-state index is 12.2. The van der Waals surface area contributed by atoms with Gasteiger partial charge in [-0.15, -0.1) is 11.3 Å². The molecule has 114 valence electrons. The van der Waals surface area contributed by atoms with E-state index in [0.29, 0.717) is 0 Å². The summed E-state index contributed by atoms with van der Waals surface area (Å²) in [7, 11) is -2.22. The van der Waals surface area contributed by atoms with Crippen molar-refractivity contribution in [3.05, 3.63) is 39.8 Å². The largest absolute Gasteiger partial charge is 0.477 e. The summed E-state index contributed by atoms with van der Waals surface area (Å²) in [5.41, 5.74) is -0.0697. The average molecular weight is 328 g/mol. The van der Waals surface area contributed by atoms with E-state index in [9.17, 15) is 13.2 Å². The van der Waals surface area contributed by atoms with Gasteiger partial charge in [-0.1, -0.05) is 6.92 Å². The van der Waals surface area contributed by atoms with E-state index in [2.05, 4.69) is 4.72 Å². The van der Waals surface area contributed by atoms with E-state index in [1.165, 1.54) is 22.7 Å². The van der Waals surface area contributed by atoms with Crippen LogP contribution in [0.3, 0.4) is 0 Å². The van der Waals surface area contributed by atoms with Gasteiger partial charge in [0, 0.05) is 29.5 Å². The average Bonchev–Trinajstić information content (AvgIpc) is 3.02. The second-order valence-corrected chi connectivity index (χ2v) is 7.54. The third kappa shape index (κ3) is 3.52. The molecule has 8 heteroatoms. The highest BCUT2D eigenvalue weighted by molar-refractivity contribution is 7.89. The third-order valence-corrected chi connectivity index (χ3v) is 5.61. The highest BCUT2D eigenvalue weighted by Crippen LogP contribution is 2.18. The highest BCUT2D eigenvalue weighted by atomic mass is 32.2. The van der Waals surface area contributed by atoms with Gasteiger partial charge in [0.15, 0.2) is 0 Å². The lowest BCUT2D eigenvalue weighted by Crippen LogP contribution is -2.22. The Labute approximate surface area is 127 Å². The fraction of sp³-hybridized carbons (Fsp3) is 0.308. The molecule has 0 aliphatic carbocycles. The fourth-order valence-electron chi connectivity index (χ4n) is 1.85. The number of sulfonamides is 1. The van der Waals surface area contributed by atoms with Crippen molar-refractivity contribution < 1.29 is 18.3 Å². The van der Waals surface area contributed by atoms with Gasteiger partial charge in [0.25, 0.3) is 0 Å². The number of aromatic nitrogens is 1. The van der Waals surface area contributed by atoms with Crippen LogP contribution in [0.5, 0.6) is 0 Å². The van der Waals surface area contributed by atoms with Crippen molar-refractivity contribution in [2.75, 3.05) is 0 Å². The molecule has 2 heterocycles. The molecule has 6 nitrogen and oxygen atoms in total. The second-order valence-electron chi connectivity index (χ2n) is 4.52. The van der Waals surface area contributed by atoms with Crippen molar-refractivity contribution >= 4 is 27.3 Å². The standard InChI is InChI=1S/C13H16N2O4S2/c1-3-9-4-5-10(20-9)7-14-21(18,19)11-6-12(13(16)17)15(2)8-11/h4-6,8,14H,3,7H2,1-2H3,(H,16,17). The Balaban J connectivity index is 2.14. The molecule has 21 heavy (non-hydrogen) atoms. The number of carboxylic acids is 1. The first-order chi connectivity index (χ1) is 9.83. The van der Waals surface area contributed by atoms with Crippen molar-refractivity contribution in [1.29, 1.82) is 0 Å². The zero-order valence-electron chi connectivity index (χ0n) is 11.7. The second kappa shape index (κ2) is 6.00. The molecular weight excluding hydrogens is 312 g/mol. The Morgan fingerprint density at radius 2 is 2.05 bits per heavy atom. The number of hydrogen-bond donors (Lipinski definition) is 2. The van der Waals surface area contributed by atoms with E-state index >= 15 is 0 Å². The minimum absolute atomic E-state index is 0.0466. The molecule has 2 N–H and O–H groups in total. The number of carboxylic acid groups (broad SMARTS) is 1. The van der Waals surface area contributed by atoms with Crippen molar-refractivity contribution in [3.8, 4) is 0 Å². The molecule has 0 unspecified atom stereocenters. The number of aryl methyl sites for hydroxylation is 2.